The number of carbonyl (C=O) groups excluding carboxylic acids is 1. The van der Waals surface area contributed by atoms with Gasteiger partial charge in [-0.15, -0.1) is 0 Å². The molecule has 0 fully saturated rings. The highest BCUT2D eigenvalue weighted by molar-refractivity contribution is 5.72. The number of aromatic nitrogens is 2. The van der Waals surface area contributed by atoms with Crippen molar-refractivity contribution in [3.05, 3.63) is 66.5 Å². The zero-order chi connectivity index (χ0) is 22.8. The summed E-state index contributed by atoms with van der Waals surface area (Å²) in [6.45, 7) is 6.64. The standard InChI is InChI=1S/C28H34N2O2/c1-4-8-22-11-13-23(14-12-22)24-15-17-25(18-16-24)28-29-19-26(20-30-28)32-27(31)10-7-6-9-21(3)5-2/h11-21H,4-10H2,1-3H3/t21-/m0/s1. The smallest absolute Gasteiger partial charge is 0.311 e. The average Bonchev–Trinajstić information content (AvgIpc) is 2.83. The maximum Gasteiger partial charge on any atom is 0.311 e. The van der Waals surface area contributed by atoms with Crippen molar-refractivity contribution in [1.82, 2.24) is 9.97 Å². The SMILES string of the molecule is CCCc1ccc(-c2ccc(-c3ncc(OC(=O)CCCC[C@@H](C)CC)cn3)cc2)cc1. The van der Waals surface area contributed by atoms with Crippen molar-refractivity contribution in [1.29, 1.82) is 0 Å². The van der Waals surface area contributed by atoms with E-state index in [2.05, 4.69) is 67.1 Å². The monoisotopic (exact) mass is 430 g/mol. The van der Waals surface area contributed by atoms with E-state index < -0.39 is 0 Å². The van der Waals surface area contributed by atoms with Crippen molar-refractivity contribution in [3.63, 3.8) is 0 Å². The molecule has 0 N–H and O–H groups in total. The lowest BCUT2D eigenvalue weighted by Gasteiger charge is -2.08. The zero-order valence-corrected chi connectivity index (χ0v) is 19.5. The van der Waals surface area contributed by atoms with Crippen LogP contribution in [0.4, 0.5) is 0 Å². The van der Waals surface area contributed by atoms with Gasteiger partial charge in [0.05, 0.1) is 12.4 Å². The zero-order valence-electron chi connectivity index (χ0n) is 19.5. The van der Waals surface area contributed by atoms with Gasteiger partial charge in [-0.1, -0.05) is 95.0 Å². The Balaban J connectivity index is 1.53. The number of hydrogen-bond donors (Lipinski definition) is 0. The molecule has 3 rings (SSSR count). The number of nitrogens with zero attached hydrogens (tertiary/aromatic N) is 2. The van der Waals surface area contributed by atoms with Crippen LogP contribution in [0.25, 0.3) is 22.5 Å². The Labute approximate surface area is 192 Å². The molecule has 4 heteroatoms. The van der Waals surface area contributed by atoms with Crippen LogP contribution in [0.1, 0.15) is 64.9 Å². The molecule has 0 radical (unpaired) electrons. The fourth-order valence-electron chi connectivity index (χ4n) is 3.63. The van der Waals surface area contributed by atoms with Gasteiger partial charge in [0.2, 0.25) is 0 Å². The van der Waals surface area contributed by atoms with Crippen LogP contribution < -0.4 is 4.74 Å². The minimum absolute atomic E-state index is 0.222. The third-order valence-corrected chi connectivity index (χ3v) is 5.85. The highest BCUT2D eigenvalue weighted by atomic mass is 16.5. The molecule has 0 aliphatic carbocycles. The second-order valence-electron chi connectivity index (χ2n) is 8.50. The lowest BCUT2D eigenvalue weighted by Crippen LogP contribution is -2.08. The van der Waals surface area contributed by atoms with Crippen LogP contribution in [0, 0.1) is 5.92 Å². The Bertz CT molecular complexity index is 964. The van der Waals surface area contributed by atoms with Crippen LogP contribution in [0.2, 0.25) is 0 Å². The average molecular weight is 431 g/mol. The molecular weight excluding hydrogens is 396 g/mol. The third-order valence-electron chi connectivity index (χ3n) is 5.85. The summed E-state index contributed by atoms with van der Waals surface area (Å²) < 4.78 is 5.38. The quantitative estimate of drug-likeness (QED) is 0.237. The van der Waals surface area contributed by atoms with Gasteiger partial charge in [-0.2, -0.15) is 0 Å². The molecule has 32 heavy (non-hydrogen) atoms. The summed E-state index contributed by atoms with van der Waals surface area (Å²) in [5.41, 5.74) is 4.66. The first-order valence-corrected chi connectivity index (χ1v) is 11.8. The van der Waals surface area contributed by atoms with Crippen LogP contribution in [-0.4, -0.2) is 15.9 Å². The van der Waals surface area contributed by atoms with Crippen molar-refractivity contribution in [3.8, 4) is 28.3 Å². The van der Waals surface area contributed by atoms with Gasteiger partial charge in [0.1, 0.15) is 0 Å². The largest absolute Gasteiger partial charge is 0.423 e. The van der Waals surface area contributed by atoms with E-state index in [4.69, 9.17) is 4.74 Å². The Kier molecular flexibility index (Phi) is 8.97. The molecule has 1 heterocycles. The molecule has 0 unspecified atom stereocenters. The van der Waals surface area contributed by atoms with Gasteiger partial charge in [-0.05, 0) is 35.4 Å². The predicted octanol–water partition coefficient (Wildman–Crippen LogP) is 7.28. The molecule has 1 atom stereocenters. The van der Waals surface area contributed by atoms with E-state index in [1.54, 1.807) is 12.4 Å². The van der Waals surface area contributed by atoms with E-state index in [0.29, 0.717) is 23.9 Å². The number of esters is 1. The number of benzene rings is 2. The van der Waals surface area contributed by atoms with E-state index in [0.717, 1.165) is 43.2 Å². The molecular formula is C28H34N2O2. The Morgan fingerprint density at radius 3 is 2.06 bits per heavy atom. The molecule has 2 aromatic carbocycles. The number of rotatable bonds is 11. The molecule has 1 aromatic heterocycles. The van der Waals surface area contributed by atoms with Crippen LogP contribution >= 0.6 is 0 Å². The fraction of sp³-hybridized carbons (Fsp3) is 0.393. The number of aryl methyl sites for hydroxylation is 1. The molecule has 0 aliphatic rings. The molecule has 0 aliphatic heterocycles. The predicted molar refractivity (Wildman–Crippen MR) is 130 cm³/mol. The van der Waals surface area contributed by atoms with Gasteiger partial charge in [0.25, 0.3) is 0 Å². The second-order valence-corrected chi connectivity index (χ2v) is 8.50. The molecule has 168 valence electrons. The molecule has 0 bridgehead atoms. The highest BCUT2D eigenvalue weighted by Gasteiger charge is 2.08. The second kappa shape index (κ2) is 12.1. The molecule has 4 nitrogen and oxygen atoms in total. The van der Waals surface area contributed by atoms with Crippen molar-refractivity contribution < 1.29 is 9.53 Å². The van der Waals surface area contributed by atoms with E-state index in [-0.39, 0.29) is 5.97 Å². The number of ether oxygens (including phenoxy) is 1. The number of unbranched alkanes of at least 4 members (excludes halogenated alkanes) is 1. The van der Waals surface area contributed by atoms with Crippen LogP contribution in [-0.2, 0) is 11.2 Å². The normalized spacial score (nSPS) is 11.8. The van der Waals surface area contributed by atoms with Crippen molar-refractivity contribution >= 4 is 5.97 Å². The van der Waals surface area contributed by atoms with Gasteiger partial charge in [-0.3, -0.25) is 4.79 Å². The summed E-state index contributed by atoms with van der Waals surface area (Å²) in [6, 6.07) is 16.9. The van der Waals surface area contributed by atoms with Gasteiger partial charge >= 0.3 is 5.97 Å². The van der Waals surface area contributed by atoms with Crippen molar-refractivity contribution in [2.75, 3.05) is 0 Å². The van der Waals surface area contributed by atoms with E-state index in [1.807, 2.05) is 12.1 Å². The maximum absolute atomic E-state index is 12.0. The highest BCUT2D eigenvalue weighted by Crippen LogP contribution is 2.24. The van der Waals surface area contributed by atoms with Gasteiger partial charge in [0.15, 0.2) is 11.6 Å². The van der Waals surface area contributed by atoms with E-state index in [1.165, 1.54) is 17.5 Å². The summed E-state index contributed by atoms with van der Waals surface area (Å²) >= 11 is 0. The lowest BCUT2D eigenvalue weighted by atomic mass is 10.0. The van der Waals surface area contributed by atoms with Gasteiger partial charge in [0, 0.05) is 12.0 Å². The Hall–Kier alpha value is -3.01. The molecule has 0 spiro atoms. The summed E-state index contributed by atoms with van der Waals surface area (Å²) in [5, 5.41) is 0. The number of hydrogen-bond acceptors (Lipinski definition) is 4. The Morgan fingerprint density at radius 1 is 0.875 bits per heavy atom. The topological polar surface area (TPSA) is 52.1 Å². The molecule has 0 amide bonds. The minimum Gasteiger partial charge on any atom is -0.423 e. The summed E-state index contributed by atoms with van der Waals surface area (Å²) in [5.74, 6) is 1.50. The Morgan fingerprint density at radius 2 is 1.47 bits per heavy atom. The first-order valence-electron chi connectivity index (χ1n) is 11.8. The van der Waals surface area contributed by atoms with E-state index >= 15 is 0 Å². The summed E-state index contributed by atoms with van der Waals surface area (Å²) in [4.78, 5) is 20.8. The third kappa shape index (κ3) is 7.01. The lowest BCUT2D eigenvalue weighted by molar-refractivity contribution is -0.134. The van der Waals surface area contributed by atoms with Crippen LogP contribution in [0.3, 0.4) is 0 Å². The molecule has 3 aromatic rings. The van der Waals surface area contributed by atoms with Crippen molar-refractivity contribution in [2.45, 2.75) is 65.7 Å². The fourth-order valence-corrected chi connectivity index (χ4v) is 3.63. The molecule has 0 saturated carbocycles. The molecule has 0 saturated heterocycles. The van der Waals surface area contributed by atoms with Gasteiger partial charge in [-0.25, -0.2) is 9.97 Å². The van der Waals surface area contributed by atoms with Crippen LogP contribution in [0.15, 0.2) is 60.9 Å². The maximum atomic E-state index is 12.0. The number of carbonyl (C=O) groups is 1. The summed E-state index contributed by atoms with van der Waals surface area (Å²) in [7, 11) is 0. The van der Waals surface area contributed by atoms with E-state index in [9.17, 15) is 4.79 Å². The first kappa shape index (κ1) is 23.6. The van der Waals surface area contributed by atoms with Gasteiger partial charge < -0.3 is 4.74 Å². The minimum atomic E-state index is -0.222. The first-order chi connectivity index (χ1) is 15.6. The van der Waals surface area contributed by atoms with Crippen molar-refractivity contribution in [2.24, 2.45) is 5.92 Å². The van der Waals surface area contributed by atoms with Crippen LogP contribution in [0.5, 0.6) is 5.75 Å². The summed E-state index contributed by atoms with van der Waals surface area (Å²) in [6.07, 6.45) is 10.1.